The average molecular weight is 1730 g/mol. The Kier molecular flexibility index (Phi) is 17.7. The van der Waals surface area contributed by atoms with E-state index in [2.05, 4.69) is 393 Å². The number of hydrogen-bond donors (Lipinski definition) is 0. The van der Waals surface area contributed by atoms with Gasteiger partial charge in [0.15, 0.2) is 0 Å². The lowest BCUT2D eigenvalue weighted by atomic mass is 9.47. The van der Waals surface area contributed by atoms with Crippen LogP contribution in [0.5, 0.6) is 0 Å². The van der Waals surface area contributed by atoms with Crippen LogP contribution >= 0.6 is 0 Å². The van der Waals surface area contributed by atoms with E-state index in [0.717, 1.165) is 53.9 Å². The van der Waals surface area contributed by atoms with E-state index in [1.807, 2.05) is 6.20 Å². The minimum absolute atomic E-state index is 0.550. The molecule has 0 bridgehead atoms. The highest BCUT2D eigenvalue weighted by Gasteiger charge is 2.62. The summed E-state index contributed by atoms with van der Waals surface area (Å²) < 4.78 is 12.3. The van der Waals surface area contributed by atoms with Crippen molar-refractivity contribution in [3.63, 3.8) is 0 Å². The predicted octanol–water partition coefficient (Wildman–Crippen LogP) is 29.9. The number of fused-ring (bicyclic) bond motifs is 21. The molecule has 0 radical (unpaired) electrons. The van der Waals surface area contributed by atoms with Crippen LogP contribution in [0.4, 0.5) is 0 Å². The molecule has 10 heteroatoms. The minimum Gasteiger partial charge on any atom is -0.296 e. The van der Waals surface area contributed by atoms with Crippen molar-refractivity contribution in [2.45, 2.75) is 160 Å². The van der Waals surface area contributed by atoms with E-state index in [-0.39, 0.29) is 0 Å². The lowest BCUT2D eigenvalue weighted by Crippen LogP contribution is -2.55. The Bertz CT molecular complexity index is 8980. The second-order valence-corrected chi connectivity index (χ2v) is 39.6. The second kappa shape index (κ2) is 30.1. The Hall–Kier alpha value is -14.9. The molecule has 2 saturated carbocycles. The molecular weight excluding hydrogens is 1630 g/mol. The zero-order valence-electron chi connectivity index (χ0n) is 76.8. The van der Waals surface area contributed by atoms with Crippen molar-refractivity contribution in [3.8, 4) is 0 Å². The van der Waals surface area contributed by atoms with Gasteiger partial charge >= 0.3 is 0 Å². The summed E-state index contributed by atoms with van der Waals surface area (Å²) in [6.07, 6.45) is 24.3. The highest BCUT2D eigenvalue weighted by molar-refractivity contribution is 6.19. The molecular formula is C124H102N10. The van der Waals surface area contributed by atoms with E-state index >= 15 is 0 Å². The molecule has 31 rings (SSSR count). The SMILES string of the molecule is Cc1c(C(C)C)cc2c3c1c1ccccc1c1ncc(n13)CC2.Cc1ccc2c3c1c1ccccc1c1ncc(n13)C(c1ccccc1)(c1ccccc1)C2(c1ccccc1)c1ccccc1.Cc1ccc2c3c1c1ccccc1c1ncc(n13)C1CCCC21.Cc1ccc2c3c1c1ccccc1c1ncc(n13)C1CCCCC21.Cc1ccc2c3c1c1ccccc1c1ncc(n13)CC2. The smallest absolute Gasteiger partial charge is 0.145 e. The van der Waals surface area contributed by atoms with Crippen LogP contribution in [0, 0.1) is 34.6 Å². The summed E-state index contributed by atoms with van der Waals surface area (Å²) in [7, 11) is 0. The number of imidazole rings is 5. The van der Waals surface area contributed by atoms with Crippen LogP contribution in [0.15, 0.2) is 328 Å². The standard InChI is InChI=1S/C42H30N2.C22H20N2.C21H18N2.C21H20N2.C18H14N2/c1-29-26-27-36-39-38(29)34-24-14-15-25-35(34)40-43-28-37(44(39)40)42(32-20-10-4-11-21-32,33-22-12-5-13-23-33)41(36,30-16-6-2-7-17-30)31-18-8-3-9-19-31;1-13-10-11-17-14-6-2-3-7-15(14)19-12-23-22-18-9-5-4-8-16(18)20(13)21(17)24(19)22;1-12-9-10-16-13-7-4-8-14(13)18-11-22-21-17-6-3-2-5-15(17)19(12)20(16)23(18)21;1-12(2)18-10-14-8-9-15-11-22-21-17-7-5-4-6-16(17)19(13(18)3)20(14)23(15)21;1-11-6-7-12-8-9-13-10-19-18-15-5-3-2-4-14(15)16(11)17(12)20(13)18/h2-28H,1H3;4-5,8-12,14-15H,2-3,6-7H2,1H3;2-3,5-6,9-11,13-14H,4,7-8H2,1H3;4-7,10-12H,8-9H2,1-3H3;2-7,10H,8-9H2,1H3. The maximum atomic E-state index is 5.29. The summed E-state index contributed by atoms with van der Waals surface area (Å²) in [6.45, 7) is 15.8. The van der Waals surface area contributed by atoms with E-state index in [1.165, 1.54) is 254 Å². The van der Waals surface area contributed by atoms with Gasteiger partial charge in [-0.1, -0.05) is 330 Å². The van der Waals surface area contributed by atoms with E-state index in [0.29, 0.717) is 29.6 Å². The van der Waals surface area contributed by atoms with Gasteiger partial charge in [-0.15, -0.1) is 0 Å². The van der Waals surface area contributed by atoms with Crippen LogP contribution in [0.1, 0.15) is 200 Å². The van der Waals surface area contributed by atoms with Gasteiger partial charge in [0.25, 0.3) is 0 Å². The van der Waals surface area contributed by atoms with Crippen molar-refractivity contribution in [2.24, 2.45) is 0 Å². The molecule has 14 aromatic carbocycles. The van der Waals surface area contributed by atoms with Crippen molar-refractivity contribution in [2.75, 3.05) is 0 Å². The van der Waals surface area contributed by atoms with Crippen molar-refractivity contribution < 1.29 is 0 Å². The summed E-state index contributed by atoms with van der Waals surface area (Å²) in [5.74, 6) is 3.22. The van der Waals surface area contributed by atoms with Gasteiger partial charge in [-0.25, -0.2) is 24.9 Å². The number of hydrogen-bond acceptors (Lipinski definition) is 5. The van der Waals surface area contributed by atoms with Crippen LogP contribution in [0.25, 0.3) is 137 Å². The Morgan fingerprint density at radius 1 is 0.276 bits per heavy atom. The molecule has 134 heavy (non-hydrogen) atoms. The fourth-order valence-corrected chi connectivity index (χ4v) is 27.1. The first-order valence-corrected chi connectivity index (χ1v) is 48.8. The highest BCUT2D eigenvalue weighted by Crippen LogP contribution is 2.65. The summed E-state index contributed by atoms with van der Waals surface area (Å²) in [5, 5.41) is 19.8. The Labute approximate surface area is 777 Å². The van der Waals surface area contributed by atoms with Gasteiger partial charge in [0.05, 0.1) is 50.3 Å². The predicted molar refractivity (Wildman–Crippen MR) is 552 cm³/mol. The molecule has 0 amide bonds. The zero-order valence-corrected chi connectivity index (χ0v) is 76.8. The maximum Gasteiger partial charge on any atom is 0.145 e. The third-order valence-electron chi connectivity index (χ3n) is 32.6. The lowest BCUT2D eigenvalue weighted by Gasteiger charge is -2.55. The molecule has 2 fully saturated rings. The quantitative estimate of drug-likeness (QED) is 0.160. The molecule has 4 unspecified atom stereocenters. The summed E-state index contributed by atoms with van der Waals surface area (Å²) >= 11 is 0. The number of pyridine rings is 5. The molecule has 10 nitrogen and oxygen atoms in total. The van der Waals surface area contributed by atoms with E-state index in [1.54, 1.807) is 11.1 Å². The lowest BCUT2D eigenvalue weighted by molar-refractivity contribution is 0.374. The van der Waals surface area contributed by atoms with Crippen LogP contribution in [0.2, 0.25) is 0 Å². The van der Waals surface area contributed by atoms with Crippen molar-refractivity contribution in [3.05, 3.63) is 440 Å². The molecule has 15 heterocycles. The molecule has 0 saturated heterocycles. The maximum absolute atomic E-state index is 5.29. The van der Waals surface area contributed by atoms with Crippen LogP contribution < -0.4 is 0 Å². The minimum atomic E-state index is -0.671. The van der Waals surface area contributed by atoms with E-state index < -0.39 is 10.8 Å². The Balaban J connectivity index is 0.0000000884. The normalized spacial score (nSPS) is 17.2. The van der Waals surface area contributed by atoms with Gasteiger partial charge in [-0.2, -0.15) is 0 Å². The van der Waals surface area contributed by atoms with E-state index in [4.69, 9.17) is 24.9 Å². The van der Waals surface area contributed by atoms with Crippen molar-refractivity contribution in [1.82, 2.24) is 46.9 Å². The number of aryl methyl sites for hydroxylation is 9. The molecule has 0 spiro atoms. The summed E-state index contributed by atoms with van der Waals surface area (Å²) in [6, 6.07) is 109. The summed E-state index contributed by atoms with van der Waals surface area (Å²) in [4.78, 5) is 24.5. The molecule has 7 aliphatic rings. The highest BCUT2D eigenvalue weighted by atomic mass is 15.1. The largest absolute Gasteiger partial charge is 0.296 e. The average Bonchev–Trinajstić information content (AvgIpc) is 1.17. The fraction of sp³-hybridized carbons (Fsp3) is 0.202. The number of benzene rings is 14. The Morgan fingerprint density at radius 3 is 1.07 bits per heavy atom. The van der Waals surface area contributed by atoms with Crippen LogP contribution in [-0.2, 0) is 36.5 Å². The fourth-order valence-electron chi connectivity index (χ4n) is 27.1. The molecule has 5 aliphatic heterocycles. The first-order chi connectivity index (χ1) is 66.0. The molecule has 2 aliphatic carbocycles. The molecule has 648 valence electrons. The first-order valence-electron chi connectivity index (χ1n) is 48.8. The second-order valence-electron chi connectivity index (χ2n) is 39.6. The van der Waals surface area contributed by atoms with Gasteiger partial charge in [0.1, 0.15) is 28.2 Å². The number of rotatable bonds is 5. The third-order valence-corrected chi connectivity index (χ3v) is 32.6. The van der Waals surface area contributed by atoms with Gasteiger partial charge in [0.2, 0.25) is 0 Å². The Morgan fingerprint density at radius 2 is 0.612 bits per heavy atom. The van der Waals surface area contributed by atoms with Crippen LogP contribution in [-0.4, -0.2) is 46.9 Å². The van der Waals surface area contributed by atoms with Gasteiger partial charge in [-0.05, 0) is 214 Å². The molecule has 4 atom stereocenters. The van der Waals surface area contributed by atoms with Gasteiger partial charge in [-0.3, -0.25) is 22.0 Å². The summed E-state index contributed by atoms with van der Waals surface area (Å²) in [5.41, 5.74) is 38.3. The van der Waals surface area contributed by atoms with Gasteiger partial charge < -0.3 is 0 Å². The number of nitrogens with zero attached hydrogens (tertiary/aromatic N) is 10. The van der Waals surface area contributed by atoms with E-state index in [9.17, 15) is 0 Å². The monoisotopic (exact) mass is 1730 g/mol. The van der Waals surface area contributed by atoms with Crippen molar-refractivity contribution >= 4 is 137 Å². The van der Waals surface area contributed by atoms with Gasteiger partial charge in [0, 0.05) is 113 Å². The topological polar surface area (TPSA) is 86.5 Å². The molecule has 0 N–H and O–H groups in total. The third kappa shape index (κ3) is 10.9. The van der Waals surface area contributed by atoms with Crippen molar-refractivity contribution in [1.29, 1.82) is 0 Å². The number of aromatic nitrogens is 10. The molecule has 24 aromatic rings. The first kappa shape index (κ1) is 78.9. The van der Waals surface area contributed by atoms with Crippen LogP contribution in [0.3, 0.4) is 0 Å². The zero-order chi connectivity index (χ0) is 89.3. The molecule has 10 aromatic heterocycles.